The first-order valence-corrected chi connectivity index (χ1v) is 8.81. The minimum absolute atomic E-state index is 0.00832. The van der Waals surface area contributed by atoms with Crippen LogP contribution in [0.4, 0.5) is 0 Å². The van der Waals surface area contributed by atoms with E-state index in [2.05, 4.69) is 42.4 Å². The summed E-state index contributed by atoms with van der Waals surface area (Å²) in [5.41, 5.74) is 4.05. The molecule has 0 unspecified atom stereocenters. The second-order valence-corrected chi connectivity index (χ2v) is 6.42. The van der Waals surface area contributed by atoms with E-state index >= 15 is 0 Å². The fourth-order valence-corrected chi connectivity index (χ4v) is 2.79. The number of rotatable bonds is 6. The Morgan fingerprint density at radius 3 is 2.67 bits per heavy atom. The molecule has 0 aliphatic rings. The molecule has 0 heterocycles. The summed E-state index contributed by atoms with van der Waals surface area (Å²) in [6, 6.07) is 11.1. The van der Waals surface area contributed by atoms with Crippen LogP contribution in [0.1, 0.15) is 18.1 Å². The molecular weight excluding hydrogens is 440 g/mol. The second kappa shape index (κ2) is 8.84. The van der Waals surface area contributed by atoms with Crippen LogP contribution in [0.2, 0.25) is 0 Å². The zero-order valence-corrected chi connectivity index (χ0v) is 16.1. The van der Waals surface area contributed by atoms with Crippen LogP contribution >= 0.6 is 31.9 Å². The van der Waals surface area contributed by atoms with Crippen molar-refractivity contribution in [3.05, 3.63) is 56.5 Å². The minimum Gasteiger partial charge on any atom is -0.503 e. The first kappa shape index (κ1) is 18.5. The summed E-state index contributed by atoms with van der Waals surface area (Å²) in [6.45, 7) is 2.25. The number of hydrogen-bond donors (Lipinski definition) is 2. The van der Waals surface area contributed by atoms with E-state index in [1.165, 1.54) is 6.21 Å². The van der Waals surface area contributed by atoms with E-state index in [0.29, 0.717) is 26.9 Å². The summed E-state index contributed by atoms with van der Waals surface area (Å²) in [7, 11) is 0. The van der Waals surface area contributed by atoms with E-state index in [9.17, 15) is 9.90 Å². The maximum absolute atomic E-state index is 11.9. The number of nitrogens with zero attached hydrogens (tertiary/aromatic N) is 1. The highest BCUT2D eigenvalue weighted by atomic mass is 79.9. The molecule has 5 nitrogen and oxygen atoms in total. The molecule has 0 bridgehead atoms. The Hall–Kier alpha value is -1.86. The average Bonchev–Trinajstić information content (AvgIpc) is 2.58. The van der Waals surface area contributed by atoms with Gasteiger partial charge in [-0.15, -0.1) is 0 Å². The third kappa shape index (κ3) is 4.82. The topological polar surface area (TPSA) is 70.9 Å². The highest BCUT2D eigenvalue weighted by Gasteiger charge is 2.14. The van der Waals surface area contributed by atoms with Gasteiger partial charge in [0.15, 0.2) is 11.5 Å². The Kier molecular flexibility index (Phi) is 6.81. The maximum Gasteiger partial charge on any atom is 0.244 e. The minimum atomic E-state index is -0.212. The Balaban J connectivity index is 2.07. The Morgan fingerprint density at radius 2 is 2.00 bits per heavy atom. The lowest BCUT2D eigenvalue weighted by Gasteiger charge is -2.10. The van der Waals surface area contributed by atoms with Crippen LogP contribution in [0, 0.1) is 0 Å². The van der Waals surface area contributed by atoms with Crippen molar-refractivity contribution in [3.63, 3.8) is 0 Å². The first-order chi connectivity index (χ1) is 11.5. The average molecular weight is 456 g/mol. The van der Waals surface area contributed by atoms with E-state index in [-0.39, 0.29) is 18.1 Å². The molecule has 2 rings (SSSR count). The van der Waals surface area contributed by atoms with Gasteiger partial charge in [-0.3, -0.25) is 4.79 Å². The predicted octanol–water partition coefficient (Wildman–Crippen LogP) is 4.01. The fraction of sp³-hybridized carbons (Fsp3) is 0.176. The van der Waals surface area contributed by atoms with Crippen molar-refractivity contribution in [2.75, 3.05) is 6.61 Å². The van der Waals surface area contributed by atoms with Gasteiger partial charge in [0.2, 0.25) is 5.91 Å². The molecule has 0 aromatic heterocycles. The molecule has 7 heteroatoms. The molecule has 2 aromatic rings. The molecule has 2 N–H and O–H groups in total. The summed E-state index contributed by atoms with van der Waals surface area (Å²) in [5, 5.41) is 14.0. The van der Waals surface area contributed by atoms with Crippen molar-refractivity contribution in [1.82, 2.24) is 5.43 Å². The summed E-state index contributed by atoms with van der Waals surface area (Å²) in [6.07, 6.45) is 1.74. The summed E-state index contributed by atoms with van der Waals surface area (Å²) in [4.78, 5) is 11.9. The Labute approximate surface area is 157 Å². The number of phenolic OH excluding ortho intramolecular Hbond substituents is 1. The Morgan fingerprint density at radius 1 is 1.29 bits per heavy atom. The van der Waals surface area contributed by atoms with Crippen LogP contribution in [0.3, 0.4) is 0 Å². The number of ether oxygens (including phenoxy) is 1. The normalized spacial score (nSPS) is 10.8. The maximum atomic E-state index is 11.9. The molecule has 24 heavy (non-hydrogen) atoms. The van der Waals surface area contributed by atoms with Crippen LogP contribution in [0.5, 0.6) is 11.5 Å². The second-order valence-electron chi connectivity index (χ2n) is 4.83. The summed E-state index contributed by atoms with van der Waals surface area (Å²) < 4.78 is 6.45. The number of nitrogens with one attached hydrogen (secondary N) is 1. The number of hydrazone groups is 1. The van der Waals surface area contributed by atoms with E-state index in [1.54, 1.807) is 6.07 Å². The van der Waals surface area contributed by atoms with Crippen molar-refractivity contribution in [1.29, 1.82) is 0 Å². The number of phenols is 1. The number of halogens is 2. The number of benzene rings is 2. The lowest BCUT2D eigenvalue weighted by atomic mass is 10.1. The molecule has 0 saturated heterocycles. The summed E-state index contributed by atoms with van der Waals surface area (Å²) in [5.74, 6) is 0.134. The zero-order chi connectivity index (χ0) is 17.5. The monoisotopic (exact) mass is 454 g/mol. The molecule has 126 valence electrons. The molecule has 0 atom stereocenters. The van der Waals surface area contributed by atoms with Gasteiger partial charge < -0.3 is 9.84 Å². The highest BCUT2D eigenvalue weighted by molar-refractivity contribution is 9.13. The molecule has 0 spiro atoms. The number of hydrogen-bond acceptors (Lipinski definition) is 4. The van der Waals surface area contributed by atoms with Crippen LogP contribution in [0.15, 0.2) is 50.4 Å². The van der Waals surface area contributed by atoms with Gasteiger partial charge in [0.05, 0.1) is 23.7 Å². The van der Waals surface area contributed by atoms with Crippen LogP contribution in [0.25, 0.3) is 0 Å². The van der Waals surface area contributed by atoms with Gasteiger partial charge in [0.1, 0.15) is 0 Å². The van der Waals surface area contributed by atoms with E-state index in [1.807, 2.05) is 37.3 Å². The van der Waals surface area contributed by atoms with Crippen LogP contribution in [-0.2, 0) is 11.2 Å². The number of carbonyl (C=O) groups is 1. The van der Waals surface area contributed by atoms with Crippen molar-refractivity contribution in [3.8, 4) is 11.5 Å². The van der Waals surface area contributed by atoms with Crippen LogP contribution < -0.4 is 10.2 Å². The standard InChI is InChI=1S/C17H16Br2N2O3/c1-2-24-13-9-12(15(18)16(19)17(13)23)10-20-21-14(22)8-11-6-4-3-5-7-11/h3-7,9-10,23H,2,8H2,1H3,(H,21,22)/b20-10+. The Bertz CT molecular complexity index is 749. The molecule has 0 saturated carbocycles. The van der Waals surface area contributed by atoms with E-state index < -0.39 is 0 Å². The largest absolute Gasteiger partial charge is 0.503 e. The lowest BCUT2D eigenvalue weighted by molar-refractivity contribution is -0.120. The molecular formula is C17H16Br2N2O3. The molecule has 0 radical (unpaired) electrons. The molecule has 0 aliphatic carbocycles. The van der Waals surface area contributed by atoms with Gasteiger partial charge in [0.25, 0.3) is 0 Å². The van der Waals surface area contributed by atoms with Gasteiger partial charge >= 0.3 is 0 Å². The summed E-state index contributed by atoms with van der Waals surface area (Å²) >= 11 is 6.66. The molecule has 1 amide bonds. The number of amides is 1. The van der Waals surface area contributed by atoms with E-state index in [4.69, 9.17) is 4.74 Å². The molecule has 0 aliphatic heterocycles. The smallest absolute Gasteiger partial charge is 0.244 e. The lowest BCUT2D eigenvalue weighted by Crippen LogP contribution is -2.19. The van der Waals surface area contributed by atoms with Gasteiger partial charge in [-0.05, 0) is 50.4 Å². The molecule has 0 fully saturated rings. The predicted molar refractivity (Wildman–Crippen MR) is 101 cm³/mol. The van der Waals surface area contributed by atoms with Crippen molar-refractivity contribution in [2.24, 2.45) is 5.10 Å². The van der Waals surface area contributed by atoms with E-state index in [0.717, 1.165) is 5.56 Å². The quantitative estimate of drug-likeness (QED) is 0.510. The zero-order valence-electron chi connectivity index (χ0n) is 12.9. The SMILES string of the molecule is CCOc1cc(/C=N/NC(=O)Cc2ccccc2)c(Br)c(Br)c1O. The number of carbonyl (C=O) groups excluding carboxylic acids is 1. The van der Waals surface area contributed by atoms with Crippen molar-refractivity contribution in [2.45, 2.75) is 13.3 Å². The van der Waals surface area contributed by atoms with Crippen molar-refractivity contribution < 1.29 is 14.6 Å². The molecule has 2 aromatic carbocycles. The highest BCUT2D eigenvalue weighted by Crippen LogP contribution is 2.41. The van der Waals surface area contributed by atoms with Gasteiger partial charge in [-0.25, -0.2) is 5.43 Å². The number of aromatic hydroxyl groups is 1. The first-order valence-electron chi connectivity index (χ1n) is 7.22. The third-order valence-electron chi connectivity index (χ3n) is 3.07. The van der Waals surface area contributed by atoms with Crippen LogP contribution in [-0.4, -0.2) is 23.8 Å². The van der Waals surface area contributed by atoms with Gasteiger partial charge in [-0.2, -0.15) is 5.10 Å². The van der Waals surface area contributed by atoms with Crippen molar-refractivity contribution >= 4 is 44.0 Å². The van der Waals surface area contributed by atoms with Gasteiger partial charge in [-0.1, -0.05) is 30.3 Å². The van der Waals surface area contributed by atoms with Gasteiger partial charge in [0, 0.05) is 10.0 Å². The fourth-order valence-electron chi connectivity index (χ4n) is 1.97. The third-order valence-corrected chi connectivity index (χ3v) is 5.23.